The van der Waals surface area contributed by atoms with Gasteiger partial charge in [0.2, 0.25) is 0 Å². The largest absolute Gasteiger partial charge is 0.507 e. The summed E-state index contributed by atoms with van der Waals surface area (Å²) >= 11 is 0. The molecule has 1 aliphatic heterocycles. The number of ether oxygens (including phenoxy) is 3. The molecule has 0 saturated carbocycles. The van der Waals surface area contributed by atoms with Crippen molar-refractivity contribution in [2.24, 2.45) is 0 Å². The molecule has 0 spiro atoms. The molecule has 1 saturated heterocycles. The Bertz CT molecular complexity index is 1620. The van der Waals surface area contributed by atoms with Gasteiger partial charge in [0.15, 0.2) is 23.6 Å². The zero-order valence-electron chi connectivity index (χ0n) is 23.8. The van der Waals surface area contributed by atoms with E-state index in [9.17, 15) is 39.9 Å². The Kier molecular flexibility index (Phi) is 7.87. The number of aliphatic hydroxyl groups excluding tert-OH is 2. The Balaban J connectivity index is 1.34. The van der Waals surface area contributed by atoms with Gasteiger partial charge in [-0.15, -0.1) is 0 Å². The molecule has 3 aromatic rings. The van der Waals surface area contributed by atoms with Crippen LogP contribution in [-0.2, 0) is 32.0 Å². The average Bonchev–Trinajstić information content (AvgIpc) is 3.01. The molecule has 5 N–H and O–H groups in total. The summed E-state index contributed by atoms with van der Waals surface area (Å²) in [6, 6.07) is 15.4. The smallest absolute Gasteiger partial charge is 0.198 e. The second-order valence-corrected chi connectivity index (χ2v) is 11.5. The Morgan fingerprint density at radius 1 is 0.977 bits per heavy atom. The molecule has 2 aliphatic carbocycles. The summed E-state index contributed by atoms with van der Waals surface area (Å²) in [5.74, 6) is -3.66. The number of hydrogen-bond donors (Lipinski definition) is 5. The van der Waals surface area contributed by atoms with Crippen molar-refractivity contribution < 1.29 is 54.1 Å². The fraction of sp³-hybridized carbons (Fsp3) is 0.364. The molecule has 1 heterocycles. The van der Waals surface area contributed by atoms with E-state index >= 15 is 0 Å². The van der Waals surface area contributed by atoms with Crippen LogP contribution < -0.4 is 0 Å². The molecule has 11 nitrogen and oxygen atoms in total. The molecule has 3 aromatic carbocycles. The molecule has 44 heavy (non-hydrogen) atoms. The SMILES string of the molecule is CC1OC(O[C@@H]2C[C@](O)(C(=O)CO)Cc3c(O)c4c(c(O)c32)C(=O)c2ccccc2C4=O)CC(O)C1OCc1ccccc1. The summed E-state index contributed by atoms with van der Waals surface area (Å²) in [6.45, 7) is 0.912. The molecule has 0 radical (unpaired) electrons. The molecule has 3 aliphatic rings. The van der Waals surface area contributed by atoms with Crippen LogP contribution in [0.25, 0.3) is 0 Å². The van der Waals surface area contributed by atoms with Gasteiger partial charge in [0.25, 0.3) is 0 Å². The lowest BCUT2D eigenvalue weighted by molar-refractivity contribution is -0.274. The van der Waals surface area contributed by atoms with Gasteiger partial charge < -0.3 is 39.7 Å². The van der Waals surface area contributed by atoms with E-state index in [0.29, 0.717) is 0 Å². The third-order valence-electron chi connectivity index (χ3n) is 8.68. The highest BCUT2D eigenvalue weighted by atomic mass is 16.7. The van der Waals surface area contributed by atoms with Gasteiger partial charge in [0.05, 0.1) is 36.0 Å². The number of aliphatic hydroxyl groups is 3. The van der Waals surface area contributed by atoms with Crippen LogP contribution in [0.3, 0.4) is 0 Å². The van der Waals surface area contributed by atoms with Gasteiger partial charge in [-0.3, -0.25) is 14.4 Å². The van der Waals surface area contributed by atoms with Gasteiger partial charge in [0, 0.05) is 41.5 Å². The van der Waals surface area contributed by atoms with Crippen LogP contribution in [0.4, 0.5) is 0 Å². The molecule has 4 unspecified atom stereocenters. The van der Waals surface area contributed by atoms with Gasteiger partial charge in [-0.1, -0.05) is 54.6 Å². The number of aromatic hydroxyl groups is 2. The van der Waals surface area contributed by atoms with Gasteiger partial charge in [-0.2, -0.15) is 0 Å². The Morgan fingerprint density at radius 3 is 2.20 bits per heavy atom. The first-order valence-corrected chi connectivity index (χ1v) is 14.3. The molecule has 0 amide bonds. The summed E-state index contributed by atoms with van der Waals surface area (Å²) in [6.07, 6.45) is -5.96. The Labute approximate surface area is 252 Å². The summed E-state index contributed by atoms with van der Waals surface area (Å²) in [7, 11) is 0. The highest BCUT2D eigenvalue weighted by molar-refractivity contribution is 6.30. The van der Waals surface area contributed by atoms with Crippen molar-refractivity contribution in [3.63, 3.8) is 0 Å². The maximum atomic E-state index is 13.5. The first-order valence-electron chi connectivity index (χ1n) is 14.3. The molecule has 0 bridgehead atoms. The first-order chi connectivity index (χ1) is 21.0. The van der Waals surface area contributed by atoms with E-state index in [1.807, 2.05) is 30.3 Å². The van der Waals surface area contributed by atoms with Crippen molar-refractivity contribution >= 4 is 17.3 Å². The standard InChI is InChI=1S/C33H32O11/c1-16-32(42-15-17-7-3-2-4-8-17)21(35)11-24(43-16)44-22-13-33(41,23(36)14-34)12-20-25(22)31(40)27-26(30(20)39)28(37)18-9-5-6-10-19(18)29(27)38/h2-10,16,21-22,24,32,34-35,39-41H,11-15H2,1H3/t16?,21?,22-,24?,32?,33+/m1/s1. The van der Waals surface area contributed by atoms with E-state index < -0.39 is 95.7 Å². The second-order valence-electron chi connectivity index (χ2n) is 11.5. The third-order valence-corrected chi connectivity index (χ3v) is 8.68. The van der Waals surface area contributed by atoms with Crippen molar-refractivity contribution in [2.75, 3.05) is 6.61 Å². The number of phenolic OH excluding ortho intramolecular Hbond substituents is 2. The van der Waals surface area contributed by atoms with Crippen LogP contribution in [0.15, 0.2) is 54.6 Å². The minimum atomic E-state index is -2.25. The number of carbonyl (C=O) groups is 3. The lowest BCUT2D eigenvalue weighted by atomic mass is 9.72. The number of phenols is 2. The van der Waals surface area contributed by atoms with Crippen molar-refractivity contribution in [3.8, 4) is 11.5 Å². The number of rotatable bonds is 7. The minimum Gasteiger partial charge on any atom is -0.507 e. The number of Topliss-reactive ketones (excluding diaryl/α,β-unsaturated/α-hetero) is 1. The van der Waals surface area contributed by atoms with E-state index in [0.717, 1.165) is 5.56 Å². The van der Waals surface area contributed by atoms with Crippen LogP contribution in [0.2, 0.25) is 0 Å². The van der Waals surface area contributed by atoms with Crippen LogP contribution in [0, 0.1) is 0 Å². The number of carbonyl (C=O) groups excluding carboxylic acids is 3. The van der Waals surface area contributed by atoms with Gasteiger partial charge in [-0.25, -0.2) is 0 Å². The summed E-state index contributed by atoms with van der Waals surface area (Å²) in [5.41, 5.74) is -2.37. The highest BCUT2D eigenvalue weighted by Crippen LogP contribution is 2.52. The summed E-state index contributed by atoms with van der Waals surface area (Å²) < 4.78 is 18.1. The van der Waals surface area contributed by atoms with Crippen LogP contribution in [0.1, 0.15) is 74.4 Å². The summed E-state index contributed by atoms with van der Waals surface area (Å²) in [4.78, 5) is 39.7. The third kappa shape index (κ3) is 5.01. The molecule has 6 atom stereocenters. The molecule has 11 heteroatoms. The molecular formula is C33H32O11. The number of fused-ring (bicyclic) bond motifs is 3. The van der Waals surface area contributed by atoms with Crippen molar-refractivity contribution in [3.05, 3.63) is 93.5 Å². The Morgan fingerprint density at radius 2 is 1.59 bits per heavy atom. The van der Waals surface area contributed by atoms with E-state index in [-0.39, 0.29) is 35.3 Å². The molecule has 0 aromatic heterocycles. The lowest BCUT2D eigenvalue weighted by Crippen LogP contribution is -2.51. The quantitative estimate of drug-likeness (QED) is 0.195. The van der Waals surface area contributed by atoms with Crippen molar-refractivity contribution in [2.45, 2.75) is 69.1 Å². The lowest BCUT2D eigenvalue weighted by Gasteiger charge is -2.42. The van der Waals surface area contributed by atoms with Crippen LogP contribution in [-0.4, -0.2) is 79.7 Å². The number of benzene rings is 3. The fourth-order valence-corrected chi connectivity index (χ4v) is 6.46. The van der Waals surface area contributed by atoms with Crippen LogP contribution in [0.5, 0.6) is 11.5 Å². The molecular weight excluding hydrogens is 572 g/mol. The van der Waals surface area contributed by atoms with Gasteiger partial charge in [-0.05, 0) is 12.5 Å². The molecule has 6 rings (SSSR count). The average molecular weight is 605 g/mol. The normalized spacial score (nSPS) is 27.8. The van der Waals surface area contributed by atoms with Gasteiger partial charge in [0.1, 0.15) is 29.8 Å². The second kappa shape index (κ2) is 11.5. The van der Waals surface area contributed by atoms with E-state index in [4.69, 9.17) is 14.2 Å². The minimum absolute atomic E-state index is 0.0348. The zero-order chi connectivity index (χ0) is 31.3. The fourth-order valence-electron chi connectivity index (χ4n) is 6.46. The molecule has 230 valence electrons. The maximum Gasteiger partial charge on any atom is 0.198 e. The van der Waals surface area contributed by atoms with Crippen molar-refractivity contribution in [1.82, 2.24) is 0 Å². The highest BCUT2D eigenvalue weighted by Gasteiger charge is 2.50. The summed E-state index contributed by atoms with van der Waals surface area (Å²) in [5, 5.41) is 54.8. The van der Waals surface area contributed by atoms with E-state index in [1.54, 1.807) is 19.1 Å². The van der Waals surface area contributed by atoms with E-state index in [2.05, 4.69) is 0 Å². The monoisotopic (exact) mass is 604 g/mol. The topological polar surface area (TPSA) is 180 Å². The van der Waals surface area contributed by atoms with Crippen LogP contribution >= 0.6 is 0 Å². The van der Waals surface area contributed by atoms with Gasteiger partial charge >= 0.3 is 0 Å². The number of hydrogen-bond acceptors (Lipinski definition) is 11. The predicted octanol–water partition coefficient (Wildman–Crippen LogP) is 2.25. The maximum absolute atomic E-state index is 13.5. The predicted molar refractivity (Wildman–Crippen MR) is 152 cm³/mol. The zero-order valence-corrected chi connectivity index (χ0v) is 23.8. The van der Waals surface area contributed by atoms with Crippen molar-refractivity contribution in [1.29, 1.82) is 0 Å². The van der Waals surface area contributed by atoms with E-state index in [1.165, 1.54) is 12.1 Å². The molecule has 1 fully saturated rings. The Hall–Kier alpha value is -3.97. The first kappa shape index (κ1) is 30.1. The number of ketones is 3.